The van der Waals surface area contributed by atoms with Crippen molar-refractivity contribution in [2.75, 3.05) is 12.8 Å². The largest absolute Gasteiger partial charge is 0.458 e. The smallest absolute Gasteiger partial charge is 0.198 e. The van der Waals surface area contributed by atoms with E-state index in [0.717, 1.165) is 15.0 Å². The number of nitrogens with two attached hydrogens (primary N) is 1. The summed E-state index contributed by atoms with van der Waals surface area (Å²) in [6, 6.07) is 3.69. The molecule has 90 valence electrons. The van der Waals surface area contributed by atoms with Gasteiger partial charge in [0.05, 0.1) is 15.9 Å². The average molecular weight is 345 g/mol. The van der Waals surface area contributed by atoms with Gasteiger partial charge in [-0.25, -0.2) is 9.97 Å². The summed E-state index contributed by atoms with van der Waals surface area (Å²) in [5.74, 6) is 2.36. The lowest BCUT2D eigenvalue weighted by molar-refractivity contribution is 0.181. The molecule has 2 aromatic rings. The van der Waals surface area contributed by atoms with Gasteiger partial charge in [-0.05, 0) is 41.6 Å². The molecule has 0 atom stereocenters. The van der Waals surface area contributed by atoms with Crippen LogP contribution >= 0.6 is 22.6 Å². The van der Waals surface area contributed by atoms with E-state index in [9.17, 15) is 0 Å². The molecule has 2 heterocycles. The Kier molecular flexibility index (Phi) is 3.63. The summed E-state index contributed by atoms with van der Waals surface area (Å²) in [7, 11) is 1.62. The fourth-order valence-electron chi connectivity index (χ4n) is 1.41. The highest BCUT2D eigenvalue weighted by Gasteiger charge is 2.13. The number of hydrogen-bond donors (Lipinski definition) is 1. The van der Waals surface area contributed by atoms with Crippen molar-refractivity contribution in [3.05, 3.63) is 27.2 Å². The van der Waals surface area contributed by atoms with Gasteiger partial charge in [-0.2, -0.15) is 0 Å². The molecule has 6 heteroatoms. The van der Waals surface area contributed by atoms with Crippen molar-refractivity contribution in [3.8, 4) is 11.6 Å². The van der Waals surface area contributed by atoms with E-state index in [-0.39, 0.29) is 0 Å². The molecule has 2 rings (SSSR count). The first-order chi connectivity index (χ1) is 8.11. The molecule has 17 heavy (non-hydrogen) atoms. The van der Waals surface area contributed by atoms with Crippen LogP contribution in [0, 0.1) is 10.5 Å². The third kappa shape index (κ3) is 2.58. The molecular weight excluding hydrogens is 333 g/mol. The topological polar surface area (TPSA) is 74.2 Å². The number of ether oxygens (including phenoxy) is 1. The van der Waals surface area contributed by atoms with Gasteiger partial charge in [0.2, 0.25) is 0 Å². The molecule has 0 aromatic carbocycles. The van der Waals surface area contributed by atoms with E-state index in [1.807, 2.05) is 19.1 Å². The molecule has 2 N–H and O–H groups in total. The van der Waals surface area contributed by atoms with Crippen molar-refractivity contribution in [3.63, 3.8) is 0 Å². The van der Waals surface area contributed by atoms with Gasteiger partial charge in [-0.3, -0.25) is 0 Å². The molecule has 0 bridgehead atoms. The first-order valence-electron chi connectivity index (χ1n) is 4.99. The van der Waals surface area contributed by atoms with Crippen LogP contribution in [0.2, 0.25) is 0 Å². The Morgan fingerprint density at radius 1 is 1.41 bits per heavy atom. The van der Waals surface area contributed by atoms with Crippen LogP contribution in [0.1, 0.15) is 11.5 Å². The standard InChI is InChI=1S/C11H12IN3O2/c1-6-3-4-8(17-6)11-14-7(5-16-2)9(12)10(13)15-11/h3-4H,5H2,1-2H3,(H2,13,14,15). The van der Waals surface area contributed by atoms with Crippen molar-refractivity contribution < 1.29 is 9.15 Å². The van der Waals surface area contributed by atoms with Crippen LogP contribution in [-0.2, 0) is 11.3 Å². The van der Waals surface area contributed by atoms with Gasteiger partial charge in [-0.15, -0.1) is 0 Å². The van der Waals surface area contributed by atoms with Crippen LogP contribution in [0.5, 0.6) is 0 Å². The maximum Gasteiger partial charge on any atom is 0.198 e. The number of nitrogen functional groups attached to an aromatic ring is 1. The molecule has 0 saturated heterocycles. The van der Waals surface area contributed by atoms with E-state index in [4.69, 9.17) is 14.9 Å². The number of aromatic nitrogens is 2. The maximum absolute atomic E-state index is 5.84. The Morgan fingerprint density at radius 2 is 2.18 bits per heavy atom. The molecule has 0 unspecified atom stereocenters. The van der Waals surface area contributed by atoms with E-state index in [2.05, 4.69) is 32.6 Å². The normalized spacial score (nSPS) is 10.8. The van der Waals surface area contributed by atoms with Crippen molar-refractivity contribution in [2.24, 2.45) is 0 Å². The minimum absolute atomic E-state index is 0.400. The van der Waals surface area contributed by atoms with Crippen LogP contribution in [0.3, 0.4) is 0 Å². The molecule has 2 aromatic heterocycles. The summed E-state index contributed by atoms with van der Waals surface area (Å²) in [5.41, 5.74) is 6.61. The monoisotopic (exact) mass is 345 g/mol. The number of halogens is 1. The van der Waals surface area contributed by atoms with Crippen molar-refractivity contribution in [1.29, 1.82) is 0 Å². The Morgan fingerprint density at radius 3 is 2.76 bits per heavy atom. The van der Waals surface area contributed by atoms with Crippen molar-refractivity contribution in [1.82, 2.24) is 9.97 Å². The first kappa shape index (κ1) is 12.3. The SMILES string of the molecule is COCc1nc(-c2ccc(C)o2)nc(N)c1I. The van der Waals surface area contributed by atoms with Crippen molar-refractivity contribution in [2.45, 2.75) is 13.5 Å². The van der Waals surface area contributed by atoms with Gasteiger partial charge in [0, 0.05) is 7.11 Å². The fourth-order valence-corrected chi connectivity index (χ4v) is 1.81. The Labute approximate surface area is 113 Å². The predicted molar refractivity (Wildman–Crippen MR) is 72.3 cm³/mol. The number of aryl methyl sites for hydroxylation is 1. The highest BCUT2D eigenvalue weighted by molar-refractivity contribution is 14.1. The predicted octanol–water partition coefficient (Wildman–Crippen LogP) is 2.38. The molecule has 0 saturated carbocycles. The summed E-state index contributed by atoms with van der Waals surface area (Å²) in [6.45, 7) is 2.27. The van der Waals surface area contributed by atoms with Gasteiger partial charge in [0.25, 0.3) is 0 Å². The summed E-state index contributed by atoms with van der Waals surface area (Å²) in [5, 5.41) is 0. The van der Waals surface area contributed by atoms with E-state index in [1.165, 1.54) is 0 Å². The van der Waals surface area contributed by atoms with Gasteiger partial charge < -0.3 is 14.9 Å². The average Bonchev–Trinajstić information content (AvgIpc) is 2.71. The first-order valence-corrected chi connectivity index (χ1v) is 6.07. The number of methoxy groups -OCH3 is 1. The minimum atomic E-state index is 0.400. The summed E-state index contributed by atoms with van der Waals surface area (Å²) < 4.78 is 11.4. The zero-order valence-electron chi connectivity index (χ0n) is 9.53. The molecular formula is C11H12IN3O2. The molecule has 5 nitrogen and oxygen atoms in total. The summed E-state index contributed by atoms with van der Waals surface area (Å²) in [4.78, 5) is 8.60. The Bertz CT molecular complexity index is 540. The number of rotatable bonds is 3. The lowest BCUT2D eigenvalue weighted by Crippen LogP contribution is -2.05. The van der Waals surface area contributed by atoms with E-state index >= 15 is 0 Å². The number of furan rings is 1. The second-order valence-corrected chi connectivity index (χ2v) is 4.62. The maximum atomic E-state index is 5.84. The van der Waals surface area contributed by atoms with Gasteiger partial charge in [-0.1, -0.05) is 0 Å². The number of nitrogens with zero attached hydrogens (tertiary/aromatic N) is 2. The molecule has 0 radical (unpaired) electrons. The van der Waals surface area contributed by atoms with E-state index in [0.29, 0.717) is 24.0 Å². The minimum Gasteiger partial charge on any atom is -0.458 e. The van der Waals surface area contributed by atoms with E-state index < -0.39 is 0 Å². The zero-order valence-corrected chi connectivity index (χ0v) is 11.7. The highest BCUT2D eigenvalue weighted by Crippen LogP contribution is 2.23. The van der Waals surface area contributed by atoms with E-state index in [1.54, 1.807) is 7.11 Å². The van der Waals surface area contributed by atoms with Crippen LogP contribution in [0.15, 0.2) is 16.5 Å². The van der Waals surface area contributed by atoms with Gasteiger partial charge in [0.15, 0.2) is 11.6 Å². The van der Waals surface area contributed by atoms with Crippen LogP contribution in [0.25, 0.3) is 11.6 Å². The summed E-state index contributed by atoms with van der Waals surface area (Å²) >= 11 is 2.11. The highest BCUT2D eigenvalue weighted by atomic mass is 127. The molecule has 0 spiro atoms. The number of hydrogen-bond acceptors (Lipinski definition) is 5. The third-order valence-corrected chi connectivity index (χ3v) is 3.36. The van der Waals surface area contributed by atoms with Gasteiger partial charge >= 0.3 is 0 Å². The lowest BCUT2D eigenvalue weighted by Gasteiger charge is -2.06. The van der Waals surface area contributed by atoms with Gasteiger partial charge in [0.1, 0.15) is 11.6 Å². The fraction of sp³-hybridized carbons (Fsp3) is 0.273. The zero-order chi connectivity index (χ0) is 12.4. The molecule has 0 aliphatic carbocycles. The van der Waals surface area contributed by atoms with Crippen LogP contribution < -0.4 is 5.73 Å². The molecule has 0 fully saturated rings. The quantitative estimate of drug-likeness (QED) is 0.865. The molecule has 0 amide bonds. The van der Waals surface area contributed by atoms with Crippen LogP contribution in [0.4, 0.5) is 5.82 Å². The second-order valence-electron chi connectivity index (χ2n) is 3.54. The Hall–Kier alpha value is -1.15. The second kappa shape index (κ2) is 5.01. The number of anilines is 1. The Balaban J connectivity index is 2.48. The molecule has 0 aliphatic rings. The van der Waals surface area contributed by atoms with Crippen molar-refractivity contribution >= 4 is 28.4 Å². The third-order valence-electron chi connectivity index (χ3n) is 2.19. The summed E-state index contributed by atoms with van der Waals surface area (Å²) in [6.07, 6.45) is 0. The lowest BCUT2D eigenvalue weighted by atomic mass is 10.3. The molecule has 0 aliphatic heterocycles. The van der Waals surface area contributed by atoms with Crippen LogP contribution in [-0.4, -0.2) is 17.1 Å².